The lowest BCUT2D eigenvalue weighted by Crippen LogP contribution is -2.65. The highest BCUT2D eigenvalue weighted by Crippen LogP contribution is 2.72. The van der Waals surface area contributed by atoms with Crippen molar-refractivity contribution in [3.8, 4) is 5.75 Å². The minimum absolute atomic E-state index is 0.134. The van der Waals surface area contributed by atoms with Gasteiger partial charge in [0.05, 0.1) is 25.4 Å². The quantitative estimate of drug-likeness (QED) is 0.527. The maximum atomic E-state index is 12.9. The molecule has 0 radical (unpaired) electrons. The average molecular weight is 512 g/mol. The van der Waals surface area contributed by atoms with Gasteiger partial charge < -0.3 is 24.6 Å². The van der Waals surface area contributed by atoms with Gasteiger partial charge in [-0.05, 0) is 125 Å². The van der Waals surface area contributed by atoms with E-state index >= 15 is 0 Å². The minimum atomic E-state index is -0.729. The zero-order valence-corrected chi connectivity index (χ0v) is 23.4. The number of nitrogens with zero attached hydrogens (tertiary/aromatic N) is 1. The van der Waals surface area contributed by atoms with Crippen LogP contribution in [0.15, 0.2) is 24.3 Å². The van der Waals surface area contributed by atoms with E-state index in [0.717, 1.165) is 70.1 Å². The Labute approximate surface area is 223 Å². The molecule has 8 atom stereocenters. The Hall–Kier alpha value is -1.14. The van der Waals surface area contributed by atoms with Crippen LogP contribution in [0.1, 0.15) is 90.0 Å². The van der Waals surface area contributed by atoms with Crippen molar-refractivity contribution >= 4 is 0 Å². The van der Waals surface area contributed by atoms with Crippen LogP contribution in [0.5, 0.6) is 5.75 Å². The van der Waals surface area contributed by atoms with Gasteiger partial charge in [0.2, 0.25) is 0 Å². The van der Waals surface area contributed by atoms with Gasteiger partial charge in [0.15, 0.2) is 0 Å². The van der Waals surface area contributed by atoms with Gasteiger partial charge in [-0.2, -0.15) is 0 Å². The van der Waals surface area contributed by atoms with Crippen LogP contribution in [0, 0.1) is 28.6 Å². The lowest BCUT2D eigenvalue weighted by atomic mass is 9.42. The number of hydrogen-bond acceptors (Lipinski definition) is 5. The molecule has 37 heavy (non-hydrogen) atoms. The molecule has 0 bridgehead atoms. The molecular formula is C32H49NO4. The molecule has 5 nitrogen and oxygen atoms in total. The van der Waals surface area contributed by atoms with E-state index in [1.807, 2.05) is 0 Å². The van der Waals surface area contributed by atoms with E-state index in [1.165, 1.54) is 31.5 Å². The average Bonchev–Trinajstić information content (AvgIpc) is 3.50. The lowest BCUT2D eigenvalue weighted by Gasteiger charge is -2.64. The molecule has 5 heteroatoms. The van der Waals surface area contributed by atoms with Gasteiger partial charge in [-0.15, -0.1) is 0 Å². The second-order valence-electron chi connectivity index (χ2n) is 13.7. The van der Waals surface area contributed by atoms with Crippen molar-refractivity contribution in [3.05, 3.63) is 29.8 Å². The van der Waals surface area contributed by atoms with E-state index in [-0.39, 0.29) is 16.9 Å². The zero-order valence-electron chi connectivity index (χ0n) is 23.4. The molecule has 1 aromatic carbocycles. The van der Waals surface area contributed by atoms with Crippen LogP contribution < -0.4 is 4.74 Å². The van der Waals surface area contributed by atoms with Crippen LogP contribution in [-0.4, -0.2) is 60.2 Å². The normalized spacial score (nSPS) is 45.8. The summed E-state index contributed by atoms with van der Waals surface area (Å²) in [4.78, 5) is 2.53. The number of ether oxygens (including phenoxy) is 2. The first-order chi connectivity index (χ1) is 17.8. The predicted octanol–water partition coefficient (Wildman–Crippen LogP) is 5.52. The maximum absolute atomic E-state index is 12.9. The third-order valence-corrected chi connectivity index (χ3v) is 12.4. The summed E-state index contributed by atoms with van der Waals surface area (Å²) in [5.41, 5.74) is -0.112. The van der Waals surface area contributed by atoms with Gasteiger partial charge in [-0.25, -0.2) is 0 Å². The number of likely N-dealkylation sites (tertiary alicyclic amines) is 1. The molecule has 0 amide bonds. The Kier molecular flexibility index (Phi) is 6.70. The van der Waals surface area contributed by atoms with Gasteiger partial charge in [-0.3, -0.25) is 0 Å². The topological polar surface area (TPSA) is 62.2 Å². The van der Waals surface area contributed by atoms with Gasteiger partial charge >= 0.3 is 0 Å². The minimum Gasteiger partial charge on any atom is -0.497 e. The molecule has 1 heterocycles. The number of hydrogen-bond donors (Lipinski definition) is 2. The van der Waals surface area contributed by atoms with E-state index in [9.17, 15) is 10.2 Å². The molecule has 3 unspecified atom stereocenters. The molecule has 4 aliphatic carbocycles. The highest BCUT2D eigenvalue weighted by molar-refractivity contribution is 5.37. The summed E-state index contributed by atoms with van der Waals surface area (Å²) in [6.45, 7) is 8.89. The molecule has 0 spiro atoms. The fraction of sp³-hybridized carbons (Fsp3) is 0.812. The van der Waals surface area contributed by atoms with E-state index in [1.54, 1.807) is 7.11 Å². The Morgan fingerprint density at radius 2 is 1.68 bits per heavy atom. The SMILES string of the molecule is COc1ccc(C2(OCCN3CCCC3)CC[C@@]3(O)[C@@H]4CCC5CC(O)CC[C@]5(C)[C@@H]4CC[C@]23C)cc1. The van der Waals surface area contributed by atoms with Crippen molar-refractivity contribution in [3.63, 3.8) is 0 Å². The maximum Gasteiger partial charge on any atom is 0.118 e. The fourth-order valence-corrected chi connectivity index (χ4v) is 10.2. The van der Waals surface area contributed by atoms with Crippen molar-refractivity contribution < 1.29 is 19.7 Å². The number of aliphatic hydroxyl groups is 2. The summed E-state index contributed by atoms with van der Waals surface area (Å²) >= 11 is 0. The smallest absolute Gasteiger partial charge is 0.118 e. The third kappa shape index (κ3) is 3.85. The Balaban J connectivity index is 1.33. The van der Waals surface area contributed by atoms with E-state index in [4.69, 9.17) is 9.47 Å². The second-order valence-corrected chi connectivity index (χ2v) is 13.7. The molecule has 5 aliphatic rings. The standard InChI is InChI=1S/C32H49NO4/c1-29-14-12-25(34)22-24(29)8-11-28-27(29)13-15-30(2)31(28,35)16-17-32(30,23-6-9-26(36-3)10-7-23)37-21-20-33-18-4-5-19-33/h6-7,9-10,24-25,27-28,34-35H,4-5,8,11-22H2,1-3H3/t24?,25?,27-,28-,29+,30+,31-,32?/m1/s1. The van der Waals surface area contributed by atoms with Crippen LogP contribution >= 0.6 is 0 Å². The number of benzene rings is 1. The summed E-state index contributed by atoms with van der Waals surface area (Å²) in [6, 6.07) is 8.51. The number of rotatable bonds is 6. The van der Waals surface area contributed by atoms with Crippen LogP contribution in [0.25, 0.3) is 0 Å². The molecule has 6 rings (SSSR count). The molecule has 0 aromatic heterocycles. The molecule has 1 aliphatic heterocycles. The highest BCUT2D eigenvalue weighted by atomic mass is 16.5. The summed E-state index contributed by atoms with van der Waals surface area (Å²) in [6.07, 6.45) is 11.5. The fourth-order valence-electron chi connectivity index (χ4n) is 10.2. The van der Waals surface area contributed by atoms with Crippen molar-refractivity contribution in [2.75, 3.05) is 33.4 Å². The van der Waals surface area contributed by atoms with Crippen LogP contribution in [-0.2, 0) is 10.3 Å². The van der Waals surface area contributed by atoms with Gasteiger partial charge in [0.25, 0.3) is 0 Å². The Bertz CT molecular complexity index is 962. The van der Waals surface area contributed by atoms with E-state index in [2.05, 4.69) is 43.0 Å². The van der Waals surface area contributed by atoms with Crippen LogP contribution in [0.3, 0.4) is 0 Å². The summed E-state index contributed by atoms with van der Waals surface area (Å²) in [5, 5.41) is 23.3. The third-order valence-electron chi connectivity index (χ3n) is 12.4. The van der Waals surface area contributed by atoms with E-state index < -0.39 is 11.2 Å². The van der Waals surface area contributed by atoms with Crippen molar-refractivity contribution in [2.45, 2.75) is 102 Å². The summed E-state index contributed by atoms with van der Waals surface area (Å²) in [5.74, 6) is 2.30. The Morgan fingerprint density at radius 1 is 0.919 bits per heavy atom. The molecule has 1 saturated heterocycles. The van der Waals surface area contributed by atoms with Gasteiger partial charge in [-0.1, -0.05) is 26.0 Å². The second kappa shape index (κ2) is 9.50. The largest absolute Gasteiger partial charge is 0.497 e. The van der Waals surface area contributed by atoms with Crippen molar-refractivity contribution in [2.24, 2.45) is 28.6 Å². The van der Waals surface area contributed by atoms with Crippen molar-refractivity contribution in [1.82, 2.24) is 4.90 Å². The summed E-state index contributed by atoms with van der Waals surface area (Å²) < 4.78 is 12.6. The molecule has 4 saturated carbocycles. The number of fused-ring (bicyclic) bond motifs is 5. The molecule has 5 fully saturated rings. The summed E-state index contributed by atoms with van der Waals surface area (Å²) in [7, 11) is 1.72. The molecule has 1 aromatic rings. The monoisotopic (exact) mass is 511 g/mol. The molecular weight excluding hydrogens is 462 g/mol. The van der Waals surface area contributed by atoms with Crippen LogP contribution in [0.4, 0.5) is 0 Å². The highest BCUT2D eigenvalue weighted by Gasteiger charge is 2.72. The van der Waals surface area contributed by atoms with Gasteiger partial charge in [0, 0.05) is 12.0 Å². The zero-order chi connectivity index (χ0) is 25.9. The Morgan fingerprint density at radius 3 is 2.41 bits per heavy atom. The first kappa shape index (κ1) is 26.1. The molecule has 206 valence electrons. The van der Waals surface area contributed by atoms with E-state index in [0.29, 0.717) is 24.4 Å². The van der Waals surface area contributed by atoms with Gasteiger partial charge in [0.1, 0.15) is 11.4 Å². The number of aliphatic hydroxyl groups excluding tert-OH is 1. The predicted molar refractivity (Wildman–Crippen MR) is 145 cm³/mol. The first-order valence-corrected chi connectivity index (χ1v) is 15.2. The lowest BCUT2D eigenvalue weighted by molar-refractivity contribution is -0.249. The van der Waals surface area contributed by atoms with Crippen molar-refractivity contribution in [1.29, 1.82) is 0 Å². The molecule has 2 N–H and O–H groups in total. The number of methoxy groups -OCH3 is 1. The van der Waals surface area contributed by atoms with Crippen LogP contribution in [0.2, 0.25) is 0 Å². The first-order valence-electron chi connectivity index (χ1n) is 15.2.